The Bertz CT molecular complexity index is 570. The number of aryl methyl sites for hydroxylation is 2. The number of hydrogen-bond donors (Lipinski definition) is 2. The molecule has 0 aliphatic carbocycles. The third-order valence-corrected chi connectivity index (χ3v) is 3.06. The summed E-state index contributed by atoms with van der Waals surface area (Å²) in [5, 5.41) is 10.9. The van der Waals surface area contributed by atoms with Crippen LogP contribution in [0.3, 0.4) is 0 Å². The second-order valence-electron chi connectivity index (χ2n) is 4.41. The van der Waals surface area contributed by atoms with E-state index in [0.29, 0.717) is 12.5 Å². The lowest BCUT2D eigenvalue weighted by atomic mass is 10.1. The minimum atomic E-state index is 0.375. The van der Waals surface area contributed by atoms with Crippen LogP contribution in [0, 0.1) is 0 Å². The Balaban J connectivity index is 1.96. The van der Waals surface area contributed by atoms with Gasteiger partial charge in [0.15, 0.2) is 11.8 Å². The van der Waals surface area contributed by atoms with Crippen LogP contribution in [0.1, 0.15) is 25.2 Å². The minimum absolute atomic E-state index is 0.375. The quantitative estimate of drug-likeness (QED) is 0.642. The lowest BCUT2D eigenvalue weighted by Gasteiger charge is -2.06. The van der Waals surface area contributed by atoms with Gasteiger partial charge in [0.05, 0.1) is 0 Å². The summed E-state index contributed by atoms with van der Waals surface area (Å²) in [6.07, 6.45) is 2.72. The van der Waals surface area contributed by atoms with Gasteiger partial charge in [-0.15, -0.1) is 10.2 Å². The predicted molar refractivity (Wildman–Crippen MR) is 80.5 cm³/mol. The number of hydrogen-bond acceptors (Lipinski definition) is 3. The molecule has 1 heterocycles. The van der Waals surface area contributed by atoms with Gasteiger partial charge >= 0.3 is 0 Å². The van der Waals surface area contributed by atoms with Crippen LogP contribution in [-0.2, 0) is 19.5 Å². The first-order chi connectivity index (χ1) is 9.72. The van der Waals surface area contributed by atoms with Crippen molar-refractivity contribution in [2.75, 3.05) is 5.32 Å². The predicted octanol–water partition coefficient (Wildman–Crippen LogP) is 1.79. The third-order valence-electron chi connectivity index (χ3n) is 3.06. The zero-order valence-electron chi connectivity index (χ0n) is 11.9. The summed E-state index contributed by atoms with van der Waals surface area (Å²) >= 11 is 0. The number of anilines is 1. The van der Waals surface area contributed by atoms with E-state index in [0.717, 1.165) is 24.5 Å². The fourth-order valence-electron chi connectivity index (χ4n) is 1.83. The van der Waals surface area contributed by atoms with Gasteiger partial charge in [-0.2, -0.15) is 0 Å². The van der Waals surface area contributed by atoms with Gasteiger partial charge in [0, 0.05) is 12.2 Å². The Labute approximate surface area is 118 Å². The third kappa shape index (κ3) is 3.57. The van der Waals surface area contributed by atoms with E-state index in [-0.39, 0.29) is 0 Å². The summed E-state index contributed by atoms with van der Waals surface area (Å²) in [6, 6.07) is 8.14. The summed E-state index contributed by atoms with van der Waals surface area (Å²) < 4.78 is 1.94. The summed E-state index contributed by atoms with van der Waals surface area (Å²) in [4.78, 5) is 4.27. The standard InChI is InChI=1S/C14H20N6/c1-3-11-5-7-12(8-6-11)18-14(15)16-9-13-19-17-10-20(13)4-2/h5-8,10H,3-4,9H2,1-2H3,(H3,15,16,18). The van der Waals surface area contributed by atoms with Crippen molar-refractivity contribution in [1.82, 2.24) is 14.8 Å². The van der Waals surface area contributed by atoms with E-state index >= 15 is 0 Å². The maximum Gasteiger partial charge on any atom is 0.193 e. The number of nitrogens with zero attached hydrogens (tertiary/aromatic N) is 4. The zero-order chi connectivity index (χ0) is 14.4. The zero-order valence-corrected chi connectivity index (χ0v) is 11.9. The molecule has 0 radical (unpaired) electrons. The first kappa shape index (κ1) is 14.0. The van der Waals surface area contributed by atoms with E-state index < -0.39 is 0 Å². The highest BCUT2D eigenvalue weighted by atomic mass is 15.3. The average molecular weight is 272 g/mol. The van der Waals surface area contributed by atoms with Crippen molar-refractivity contribution < 1.29 is 0 Å². The molecule has 6 nitrogen and oxygen atoms in total. The highest BCUT2D eigenvalue weighted by Gasteiger charge is 2.01. The molecule has 0 atom stereocenters. The van der Waals surface area contributed by atoms with Crippen LogP contribution in [-0.4, -0.2) is 20.7 Å². The molecule has 1 aromatic carbocycles. The molecule has 2 aromatic rings. The molecule has 0 amide bonds. The largest absolute Gasteiger partial charge is 0.370 e. The molecule has 1 aromatic heterocycles. The van der Waals surface area contributed by atoms with Gasteiger partial charge < -0.3 is 15.6 Å². The Morgan fingerprint density at radius 2 is 2.05 bits per heavy atom. The molecule has 0 aliphatic heterocycles. The number of nitrogens with one attached hydrogen (secondary N) is 1. The van der Waals surface area contributed by atoms with Crippen molar-refractivity contribution in [3.05, 3.63) is 42.0 Å². The van der Waals surface area contributed by atoms with Crippen LogP contribution >= 0.6 is 0 Å². The van der Waals surface area contributed by atoms with E-state index in [1.54, 1.807) is 6.33 Å². The summed E-state index contributed by atoms with van der Waals surface area (Å²) in [7, 11) is 0. The highest BCUT2D eigenvalue weighted by Crippen LogP contribution is 2.09. The van der Waals surface area contributed by atoms with E-state index in [1.165, 1.54) is 5.56 Å². The molecule has 0 aliphatic rings. The van der Waals surface area contributed by atoms with Crippen LogP contribution in [0.2, 0.25) is 0 Å². The van der Waals surface area contributed by atoms with Gasteiger partial charge in [-0.3, -0.25) is 0 Å². The number of nitrogens with two attached hydrogens (primary N) is 1. The van der Waals surface area contributed by atoms with Crippen molar-refractivity contribution in [1.29, 1.82) is 0 Å². The van der Waals surface area contributed by atoms with Crippen LogP contribution in [0.15, 0.2) is 35.6 Å². The molecular formula is C14H20N6. The second kappa shape index (κ2) is 6.70. The average Bonchev–Trinajstić information content (AvgIpc) is 2.93. The summed E-state index contributed by atoms with van der Waals surface area (Å²) in [6.45, 7) is 5.40. The van der Waals surface area contributed by atoms with Crippen molar-refractivity contribution in [2.24, 2.45) is 10.7 Å². The normalized spacial score (nSPS) is 11.6. The fraction of sp³-hybridized carbons (Fsp3) is 0.357. The molecule has 0 spiro atoms. The Morgan fingerprint density at radius 1 is 1.30 bits per heavy atom. The molecular weight excluding hydrogens is 252 g/mol. The molecule has 2 rings (SSSR count). The van der Waals surface area contributed by atoms with Crippen LogP contribution in [0.5, 0.6) is 0 Å². The first-order valence-electron chi connectivity index (χ1n) is 6.75. The topological polar surface area (TPSA) is 81.1 Å². The summed E-state index contributed by atoms with van der Waals surface area (Å²) in [5.41, 5.74) is 8.09. The first-order valence-corrected chi connectivity index (χ1v) is 6.75. The lowest BCUT2D eigenvalue weighted by Crippen LogP contribution is -2.22. The second-order valence-corrected chi connectivity index (χ2v) is 4.41. The van der Waals surface area contributed by atoms with E-state index in [2.05, 4.69) is 39.6 Å². The van der Waals surface area contributed by atoms with Crippen molar-refractivity contribution >= 4 is 11.6 Å². The highest BCUT2D eigenvalue weighted by molar-refractivity contribution is 5.92. The Morgan fingerprint density at radius 3 is 2.70 bits per heavy atom. The van der Waals surface area contributed by atoms with Gasteiger partial charge in [0.1, 0.15) is 12.9 Å². The smallest absolute Gasteiger partial charge is 0.193 e. The number of rotatable bonds is 5. The maximum atomic E-state index is 5.87. The molecule has 0 saturated heterocycles. The SMILES string of the molecule is CCc1ccc(NC(N)=NCc2nncn2CC)cc1. The van der Waals surface area contributed by atoms with Gasteiger partial charge in [0.25, 0.3) is 0 Å². The molecule has 106 valence electrons. The van der Waals surface area contributed by atoms with Gasteiger partial charge in [-0.25, -0.2) is 4.99 Å². The monoisotopic (exact) mass is 272 g/mol. The molecule has 0 bridgehead atoms. The lowest BCUT2D eigenvalue weighted by molar-refractivity contribution is 0.699. The van der Waals surface area contributed by atoms with Gasteiger partial charge in [0.2, 0.25) is 0 Å². The van der Waals surface area contributed by atoms with Crippen molar-refractivity contribution in [3.63, 3.8) is 0 Å². The molecule has 0 fully saturated rings. The van der Waals surface area contributed by atoms with E-state index in [4.69, 9.17) is 5.73 Å². The molecule has 3 N–H and O–H groups in total. The van der Waals surface area contributed by atoms with Crippen LogP contribution in [0.25, 0.3) is 0 Å². The van der Waals surface area contributed by atoms with E-state index in [9.17, 15) is 0 Å². The number of benzene rings is 1. The number of aromatic nitrogens is 3. The number of guanidine groups is 1. The van der Waals surface area contributed by atoms with Gasteiger partial charge in [-0.1, -0.05) is 19.1 Å². The summed E-state index contributed by atoms with van der Waals surface area (Å²) in [5.74, 6) is 1.18. The fourth-order valence-corrected chi connectivity index (χ4v) is 1.83. The molecule has 0 saturated carbocycles. The minimum Gasteiger partial charge on any atom is -0.370 e. The maximum absolute atomic E-state index is 5.87. The van der Waals surface area contributed by atoms with Crippen LogP contribution < -0.4 is 11.1 Å². The van der Waals surface area contributed by atoms with Crippen molar-refractivity contribution in [3.8, 4) is 0 Å². The Kier molecular flexibility index (Phi) is 4.70. The number of aliphatic imine (C=N–C) groups is 1. The van der Waals surface area contributed by atoms with E-state index in [1.807, 2.05) is 23.6 Å². The molecule has 0 unspecified atom stereocenters. The van der Waals surface area contributed by atoms with Crippen LogP contribution in [0.4, 0.5) is 5.69 Å². The molecule has 20 heavy (non-hydrogen) atoms. The van der Waals surface area contributed by atoms with Gasteiger partial charge in [-0.05, 0) is 31.0 Å². The Hall–Kier alpha value is -2.37. The molecule has 6 heteroatoms. The van der Waals surface area contributed by atoms with Crippen molar-refractivity contribution in [2.45, 2.75) is 33.4 Å².